The molecule has 4 N–H and O–H groups in total. The number of carbonyl (C=O) groups excluding carboxylic acids is 2. The largest absolute Gasteiger partial charge is 0.326 e. The predicted molar refractivity (Wildman–Crippen MR) is 74.9 cm³/mol. The highest BCUT2D eigenvalue weighted by atomic mass is 35.5. The van der Waals surface area contributed by atoms with E-state index in [1.165, 1.54) is 0 Å². The van der Waals surface area contributed by atoms with Crippen molar-refractivity contribution in [3.8, 4) is 0 Å². The molecule has 2 amide bonds. The lowest BCUT2D eigenvalue weighted by atomic mass is 10.2. The van der Waals surface area contributed by atoms with Gasteiger partial charge in [0.1, 0.15) is 0 Å². The lowest BCUT2D eigenvalue weighted by molar-refractivity contribution is -0.117. The number of amides is 2. The normalized spacial score (nSPS) is 11.1. The van der Waals surface area contributed by atoms with Crippen molar-refractivity contribution in [2.45, 2.75) is 26.3 Å². The van der Waals surface area contributed by atoms with Crippen molar-refractivity contribution < 1.29 is 9.59 Å². The van der Waals surface area contributed by atoms with Gasteiger partial charge < -0.3 is 16.4 Å². The van der Waals surface area contributed by atoms with Gasteiger partial charge in [-0.15, -0.1) is 12.4 Å². The summed E-state index contributed by atoms with van der Waals surface area (Å²) in [6, 6.07) is 6.33. The average molecular weight is 272 g/mol. The Morgan fingerprint density at radius 3 is 2.00 bits per heavy atom. The fourth-order valence-corrected chi connectivity index (χ4v) is 1.14. The number of carbonyl (C=O) groups is 2. The van der Waals surface area contributed by atoms with Crippen LogP contribution >= 0.6 is 12.4 Å². The van der Waals surface area contributed by atoms with Crippen LogP contribution in [0.15, 0.2) is 24.3 Å². The minimum absolute atomic E-state index is 0. The van der Waals surface area contributed by atoms with E-state index in [9.17, 15) is 9.59 Å². The first kappa shape index (κ1) is 16.4. The van der Waals surface area contributed by atoms with Gasteiger partial charge in [-0.2, -0.15) is 0 Å². The van der Waals surface area contributed by atoms with Crippen LogP contribution in [0, 0.1) is 0 Å². The molecule has 0 aliphatic rings. The van der Waals surface area contributed by atoms with E-state index < -0.39 is 6.04 Å². The van der Waals surface area contributed by atoms with Gasteiger partial charge in [0.15, 0.2) is 0 Å². The number of nitrogens with one attached hydrogen (secondary N) is 2. The van der Waals surface area contributed by atoms with Gasteiger partial charge in [0, 0.05) is 17.8 Å². The summed E-state index contributed by atoms with van der Waals surface area (Å²) in [5.74, 6) is -0.285. The monoisotopic (exact) mass is 271 g/mol. The summed E-state index contributed by atoms with van der Waals surface area (Å²) in [5.41, 5.74) is 6.79. The van der Waals surface area contributed by atoms with Gasteiger partial charge in [-0.05, 0) is 31.2 Å². The number of hydrogen-bond donors (Lipinski definition) is 3. The number of anilines is 2. The zero-order chi connectivity index (χ0) is 12.8. The van der Waals surface area contributed by atoms with Crippen LogP contribution in [0.2, 0.25) is 0 Å². The molecule has 5 nitrogen and oxygen atoms in total. The zero-order valence-corrected chi connectivity index (χ0v) is 11.2. The molecule has 0 radical (unpaired) electrons. The van der Waals surface area contributed by atoms with Crippen LogP contribution in [0.4, 0.5) is 11.4 Å². The van der Waals surface area contributed by atoms with E-state index >= 15 is 0 Å². The highest BCUT2D eigenvalue weighted by molar-refractivity contribution is 5.95. The van der Waals surface area contributed by atoms with Crippen LogP contribution in [-0.2, 0) is 9.59 Å². The van der Waals surface area contributed by atoms with E-state index in [1.54, 1.807) is 38.1 Å². The maximum Gasteiger partial charge on any atom is 0.240 e. The molecule has 0 saturated heterocycles. The fraction of sp³-hybridized carbons (Fsp3) is 0.333. The Labute approximate surface area is 113 Å². The van der Waals surface area contributed by atoms with Crippen molar-refractivity contribution in [1.82, 2.24) is 0 Å². The van der Waals surface area contributed by atoms with Gasteiger partial charge in [-0.25, -0.2) is 0 Å². The molecule has 1 aromatic carbocycles. The molecule has 100 valence electrons. The molecule has 0 spiro atoms. The number of hydrogen-bond acceptors (Lipinski definition) is 3. The third-order valence-corrected chi connectivity index (χ3v) is 2.17. The molecule has 0 aliphatic heterocycles. The highest BCUT2D eigenvalue weighted by Crippen LogP contribution is 2.13. The summed E-state index contributed by atoms with van der Waals surface area (Å²) >= 11 is 0. The molecule has 0 bridgehead atoms. The first-order valence-electron chi connectivity index (χ1n) is 5.49. The maximum absolute atomic E-state index is 11.3. The first-order chi connectivity index (χ1) is 8.02. The molecule has 0 saturated carbocycles. The van der Waals surface area contributed by atoms with E-state index in [0.29, 0.717) is 17.8 Å². The molecule has 1 rings (SSSR count). The van der Waals surface area contributed by atoms with Gasteiger partial charge in [-0.1, -0.05) is 6.92 Å². The molecule has 0 fully saturated rings. The average Bonchev–Trinajstić information content (AvgIpc) is 2.31. The van der Waals surface area contributed by atoms with Crippen LogP contribution in [0.25, 0.3) is 0 Å². The molecule has 6 heteroatoms. The predicted octanol–water partition coefficient (Wildman–Crippen LogP) is 1.74. The number of nitrogens with two attached hydrogens (primary N) is 1. The molecular formula is C12H18ClN3O2. The Balaban J connectivity index is 0.00000289. The fourth-order valence-electron chi connectivity index (χ4n) is 1.14. The van der Waals surface area contributed by atoms with Crippen LogP contribution in [0.5, 0.6) is 0 Å². The molecule has 1 atom stereocenters. The molecule has 18 heavy (non-hydrogen) atoms. The second kappa shape index (κ2) is 7.68. The van der Waals surface area contributed by atoms with E-state index in [4.69, 9.17) is 5.73 Å². The van der Waals surface area contributed by atoms with Crippen LogP contribution in [-0.4, -0.2) is 17.9 Å². The second-order valence-electron chi connectivity index (χ2n) is 3.76. The number of halogens is 1. The smallest absolute Gasteiger partial charge is 0.240 e. The van der Waals surface area contributed by atoms with Gasteiger partial charge in [0.25, 0.3) is 0 Å². The lowest BCUT2D eigenvalue weighted by Crippen LogP contribution is -2.32. The van der Waals surface area contributed by atoms with Crippen molar-refractivity contribution >= 4 is 35.6 Å². The molecule has 0 aromatic heterocycles. The lowest BCUT2D eigenvalue weighted by Gasteiger charge is -2.08. The summed E-state index contributed by atoms with van der Waals surface area (Å²) in [7, 11) is 0. The standard InChI is InChI=1S/C12H17N3O2.ClH/c1-3-11(16)14-9-4-6-10(7-5-9)15-12(17)8(2)13;/h4-8H,3,13H2,1-2H3,(H,14,16)(H,15,17);1H. The molecule has 1 aromatic rings. The topological polar surface area (TPSA) is 84.2 Å². The SMILES string of the molecule is CCC(=O)Nc1ccc(NC(=O)C(C)N)cc1.Cl. The zero-order valence-electron chi connectivity index (χ0n) is 10.4. The summed E-state index contributed by atoms with van der Waals surface area (Å²) in [4.78, 5) is 22.5. The maximum atomic E-state index is 11.3. The minimum Gasteiger partial charge on any atom is -0.326 e. The Hall–Kier alpha value is -1.59. The number of rotatable bonds is 4. The van der Waals surface area contributed by atoms with Crippen LogP contribution in [0.3, 0.4) is 0 Å². The van der Waals surface area contributed by atoms with E-state index in [2.05, 4.69) is 10.6 Å². The Morgan fingerprint density at radius 1 is 1.17 bits per heavy atom. The van der Waals surface area contributed by atoms with Crippen LogP contribution < -0.4 is 16.4 Å². The Bertz CT molecular complexity index is 404. The Morgan fingerprint density at radius 2 is 1.61 bits per heavy atom. The quantitative estimate of drug-likeness (QED) is 0.780. The van der Waals surface area contributed by atoms with E-state index in [1.807, 2.05) is 0 Å². The minimum atomic E-state index is -0.547. The summed E-state index contributed by atoms with van der Waals surface area (Å²) in [6.07, 6.45) is 0.434. The van der Waals surface area contributed by atoms with Crippen molar-refractivity contribution in [3.05, 3.63) is 24.3 Å². The summed E-state index contributed by atoms with van der Waals surface area (Å²) in [5, 5.41) is 5.38. The molecule has 0 heterocycles. The van der Waals surface area contributed by atoms with Crippen molar-refractivity contribution in [2.24, 2.45) is 5.73 Å². The third kappa shape index (κ3) is 5.16. The van der Waals surface area contributed by atoms with Crippen molar-refractivity contribution in [3.63, 3.8) is 0 Å². The van der Waals surface area contributed by atoms with Crippen molar-refractivity contribution in [1.29, 1.82) is 0 Å². The first-order valence-corrected chi connectivity index (χ1v) is 5.49. The van der Waals surface area contributed by atoms with Crippen molar-refractivity contribution in [2.75, 3.05) is 10.6 Å². The Kier molecular flexibility index (Phi) is 7.00. The van der Waals surface area contributed by atoms with Crippen LogP contribution in [0.1, 0.15) is 20.3 Å². The number of benzene rings is 1. The molecular weight excluding hydrogens is 254 g/mol. The van der Waals surface area contributed by atoms with E-state index in [-0.39, 0.29) is 24.2 Å². The summed E-state index contributed by atoms with van der Waals surface area (Å²) in [6.45, 7) is 3.40. The van der Waals surface area contributed by atoms with Gasteiger partial charge in [0.05, 0.1) is 6.04 Å². The van der Waals surface area contributed by atoms with E-state index in [0.717, 1.165) is 0 Å². The summed E-state index contributed by atoms with van der Waals surface area (Å²) < 4.78 is 0. The third-order valence-electron chi connectivity index (χ3n) is 2.17. The highest BCUT2D eigenvalue weighted by Gasteiger charge is 2.07. The van der Waals surface area contributed by atoms with Gasteiger partial charge in [0.2, 0.25) is 11.8 Å². The second-order valence-corrected chi connectivity index (χ2v) is 3.76. The van der Waals surface area contributed by atoms with Gasteiger partial charge in [-0.3, -0.25) is 9.59 Å². The molecule has 0 aliphatic carbocycles. The van der Waals surface area contributed by atoms with Gasteiger partial charge >= 0.3 is 0 Å². The molecule has 1 unspecified atom stereocenters.